The van der Waals surface area contributed by atoms with E-state index < -0.39 is 0 Å². The lowest BCUT2D eigenvalue weighted by atomic mass is 9.91. The lowest BCUT2D eigenvalue weighted by Crippen LogP contribution is -2.52. The summed E-state index contributed by atoms with van der Waals surface area (Å²) in [5, 5.41) is 0. The van der Waals surface area contributed by atoms with Gasteiger partial charge in [-0.3, -0.25) is 4.90 Å². The van der Waals surface area contributed by atoms with Crippen LogP contribution in [0.5, 0.6) is 11.5 Å². The summed E-state index contributed by atoms with van der Waals surface area (Å²) in [5.74, 6) is 1.78. The predicted octanol–water partition coefficient (Wildman–Crippen LogP) is 5.14. The number of nitrogens with zero attached hydrogens (tertiary/aromatic N) is 2. The zero-order valence-corrected chi connectivity index (χ0v) is 20.0. The molecule has 2 fully saturated rings. The van der Waals surface area contributed by atoms with Crippen molar-refractivity contribution in [2.45, 2.75) is 40.7 Å². The minimum atomic E-state index is 0.0690. The molecule has 0 bridgehead atoms. The smallest absolute Gasteiger partial charge is 0.130 e. The lowest BCUT2D eigenvalue weighted by Gasteiger charge is -2.43. The molecule has 6 heteroatoms. The van der Waals surface area contributed by atoms with E-state index in [1.165, 1.54) is 48.5 Å². The van der Waals surface area contributed by atoms with Gasteiger partial charge in [0.25, 0.3) is 0 Å². The number of hydrogen-bond donors (Lipinski definition) is 1. The quantitative estimate of drug-likeness (QED) is 0.236. The molecule has 1 heterocycles. The number of thioether (sulfide) groups is 1. The van der Waals surface area contributed by atoms with E-state index in [9.17, 15) is 0 Å². The fourth-order valence-corrected chi connectivity index (χ4v) is 4.98. The number of rotatable bonds is 7. The summed E-state index contributed by atoms with van der Waals surface area (Å²) in [6, 6.07) is 15.7. The van der Waals surface area contributed by atoms with E-state index in [4.69, 9.17) is 10.5 Å². The van der Waals surface area contributed by atoms with Crippen molar-refractivity contribution in [3.63, 3.8) is 0 Å². The Labute approximate surface area is 192 Å². The number of piperazine rings is 1. The van der Waals surface area contributed by atoms with Gasteiger partial charge < -0.3 is 15.4 Å². The molecule has 1 unspecified atom stereocenters. The number of anilines is 1. The first-order valence-electron chi connectivity index (χ1n) is 10.5. The lowest BCUT2D eigenvalue weighted by molar-refractivity contribution is 0.120. The summed E-state index contributed by atoms with van der Waals surface area (Å²) in [6.45, 7) is 4.54. The monoisotopic (exact) mass is 523 g/mol. The molecule has 0 aromatic heterocycles. The summed E-state index contributed by atoms with van der Waals surface area (Å²) in [5.41, 5.74) is 8.60. The van der Waals surface area contributed by atoms with Crippen molar-refractivity contribution in [1.29, 1.82) is 0 Å². The number of hydrogen-bond acceptors (Lipinski definition) is 5. The Morgan fingerprint density at radius 2 is 1.83 bits per heavy atom. The molecule has 0 radical (unpaired) electrons. The summed E-state index contributed by atoms with van der Waals surface area (Å²) in [7, 11) is 0. The first-order valence-corrected chi connectivity index (χ1v) is 12.9. The van der Waals surface area contributed by atoms with E-state index in [0.717, 1.165) is 37.1 Å². The van der Waals surface area contributed by atoms with E-state index in [0.29, 0.717) is 0 Å². The molecule has 1 saturated heterocycles. The minimum Gasteiger partial charge on any atom is -0.457 e. The largest absolute Gasteiger partial charge is 0.457 e. The normalized spacial score (nSPS) is 19.1. The van der Waals surface area contributed by atoms with Crippen LogP contribution in [0.25, 0.3) is 0 Å². The molecular formula is C23H30IN3OS. The van der Waals surface area contributed by atoms with Gasteiger partial charge in [0.05, 0.1) is 4.05 Å². The fourth-order valence-electron chi connectivity index (χ4n) is 4.10. The van der Waals surface area contributed by atoms with Crippen molar-refractivity contribution in [1.82, 2.24) is 4.90 Å². The van der Waals surface area contributed by atoms with E-state index in [1.54, 1.807) is 11.8 Å². The van der Waals surface area contributed by atoms with Crippen LogP contribution in [0.1, 0.15) is 24.8 Å². The number of halogens is 1. The van der Waals surface area contributed by atoms with E-state index in [2.05, 4.69) is 69.0 Å². The Bertz CT molecular complexity index is 802. The van der Waals surface area contributed by atoms with Crippen LogP contribution in [0.2, 0.25) is 0 Å². The summed E-state index contributed by atoms with van der Waals surface area (Å²) >= 11 is 4.03. The average molecular weight is 523 g/mol. The second kappa shape index (κ2) is 9.90. The second-order valence-electron chi connectivity index (χ2n) is 7.90. The van der Waals surface area contributed by atoms with Crippen LogP contribution in [0.15, 0.2) is 47.4 Å². The van der Waals surface area contributed by atoms with Crippen molar-refractivity contribution in [3.05, 3.63) is 48.0 Å². The highest BCUT2D eigenvalue weighted by Gasteiger charge is 2.28. The van der Waals surface area contributed by atoms with Crippen molar-refractivity contribution in [3.8, 4) is 11.5 Å². The molecule has 1 aliphatic heterocycles. The first-order chi connectivity index (χ1) is 14.1. The van der Waals surface area contributed by atoms with E-state index >= 15 is 0 Å². The third-order valence-corrected chi connectivity index (χ3v) is 7.20. The molecule has 156 valence electrons. The molecule has 2 N–H and O–H groups in total. The maximum Gasteiger partial charge on any atom is 0.130 e. The van der Waals surface area contributed by atoms with Gasteiger partial charge >= 0.3 is 0 Å². The third-order valence-electron chi connectivity index (χ3n) is 6.02. The molecule has 0 spiro atoms. The predicted molar refractivity (Wildman–Crippen MR) is 132 cm³/mol. The van der Waals surface area contributed by atoms with Gasteiger partial charge in [0.1, 0.15) is 11.5 Å². The SMILES string of the molecule is CSc1ccc(Oc2ccc(N3CCN(C4CCC4)CC3)cc2CC(N)I)cc1. The van der Waals surface area contributed by atoms with Crippen LogP contribution in [-0.2, 0) is 6.42 Å². The minimum absolute atomic E-state index is 0.0690. The molecule has 2 aromatic carbocycles. The van der Waals surface area contributed by atoms with Crippen LogP contribution in [0, 0.1) is 0 Å². The van der Waals surface area contributed by atoms with Gasteiger partial charge in [0.2, 0.25) is 0 Å². The molecule has 2 aromatic rings. The summed E-state index contributed by atoms with van der Waals surface area (Å²) in [4.78, 5) is 6.43. The molecular weight excluding hydrogens is 493 g/mol. The average Bonchev–Trinajstić information content (AvgIpc) is 2.69. The molecule has 0 amide bonds. The van der Waals surface area contributed by atoms with Crippen LogP contribution in [-0.4, -0.2) is 47.4 Å². The van der Waals surface area contributed by atoms with Crippen LogP contribution >= 0.6 is 34.4 Å². The first kappa shape index (κ1) is 21.3. The number of nitrogens with two attached hydrogens (primary N) is 1. The summed E-state index contributed by atoms with van der Waals surface area (Å²) in [6.07, 6.45) is 7.07. The van der Waals surface area contributed by atoms with Gasteiger partial charge in [0, 0.05) is 49.2 Å². The highest BCUT2D eigenvalue weighted by molar-refractivity contribution is 14.1. The molecule has 1 saturated carbocycles. The number of ether oxygens (including phenoxy) is 1. The maximum atomic E-state index is 6.23. The number of benzene rings is 2. The second-order valence-corrected chi connectivity index (χ2v) is 10.4. The van der Waals surface area contributed by atoms with Crippen LogP contribution in [0.4, 0.5) is 5.69 Å². The van der Waals surface area contributed by atoms with Gasteiger partial charge in [-0.2, -0.15) is 0 Å². The highest BCUT2D eigenvalue weighted by atomic mass is 127. The van der Waals surface area contributed by atoms with Crippen LogP contribution < -0.4 is 15.4 Å². The topological polar surface area (TPSA) is 41.7 Å². The molecule has 4 nitrogen and oxygen atoms in total. The fraction of sp³-hybridized carbons (Fsp3) is 0.478. The van der Waals surface area contributed by atoms with E-state index in [1.807, 2.05) is 12.1 Å². The Hall–Kier alpha value is -0.960. The van der Waals surface area contributed by atoms with Crippen molar-refractivity contribution < 1.29 is 4.74 Å². The Balaban J connectivity index is 1.47. The molecule has 1 aliphatic carbocycles. The van der Waals surface area contributed by atoms with Crippen LogP contribution in [0.3, 0.4) is 0 Å². The standard InChI is InChI=1S/C23H30IN3OS/c1-29-21-8-6-20(7-9-21)28-22-10-5-19(15-17(22)16-23(24)25)27-13-11-26(12-14-27)18-3-2-4-18/h5-10,15,18,23H,2-4,11-14,16,25H2,1H3. The Morgan fingerprint density at radius 1 is 1.10 bits per heavy atom. The maximum absolute atomic E-state index is 6.23. The molecule has 29 heavy (non-hydrogen) atoms. The van der Waals surface area contributed by atoms with Gasteiger partial charge in [-0.15, -0.1) is 11.8 Å². The molecule has 1 atom stereocenters. The van der Waals surface area contributed by atoms with Crippen molar-refractivity contribution in [2.24, 2.45) is 5.73 Å². The summed E-state index contributed by atoms with van der Waals surface area (Å²) < 4.78 is 6.30. The molecule has 2 aliphatic rings. The Morgan fingerprint density at radius 3 is 2.41 bits per heavy atom. The third kappa shape index (κ3) is 5.40. The van der Waals surface area contributed by atoms with Crippen molar-refractivity contribution >= 4 is 40.0 Å². The van der Waals surface area contributed by atoms with Gasteiger partial charge in [-0.05, 0) is 67.1 Å². The van der Waals surface area contributed by atoms with Gasteiger partial charge in [-0.25, -0.2) is 0 Å². The number of alkyl halides is 1. The zero-order valence-electron chi connectivity index (χ0n) is 17.0. The van der Waals surface area contributed by atoms with Gasteiger partial charge in [0.15, 0.2) is 0 Å². The Kier molecular flexibility index (Phi) is 7.26. The van der Waals surface area contributed by atoms with Gasteiger partial charge in [-0.1, -0.05) is 29.0 Å². The highest BCUT2D eigenvalue weighted by Crippen LogP contribution is 2.33. The zero-order chi connectivity index (χ0) is 20.2. The van der Waals surface area contributed by atoms with E-state index in [-0.39, 0.29) is 4.05 Å². The molecule has 4 rings (SSSR count). The van der Waals surface area contributed by atoms with Crippen molar-refractivity contribution in [2.75, 3.05) is 37.3 Å².